The summed E-state index contributed by atoms with van der Waals surface area (Å²) in [5.74, 6) is 2.04. The molecule has 0 bridgehead atoms. The largest absolute Gasteiger partial charge is 0.388 e. The van der Waals surface area contributed by atoms with Crippen LogP contribution in [0.15, 0.2) is 6.07 Å². The van der Waals surface area contributed by atoms with Gasteiger partial charge in [0.15, 0.2) is 0 Å². The van der Waals surface area contributed by atoms with E-state index >= 15 is 0 Å². The lowest BCUT2D eigenvalue weighted by Crippen LogP contribution is -2.25. The molecule has 1 N–H and O–H groups in total. The Bertz CT molecular complexity index is 382. The van der Waals surface area contributed by atoms with Gasteiger partial charge >= 0.3 is 0 Å². The first-order valence-corrected chi connectivity index (χ1v) is 7.55. The fourth-order valence-electron chi connectivity index (χ4n) is 3.07. The number of thiophene rings is 1. The number of aliphatic hydroxyl groups excluding tert-OH is 1. The second-order valence-corrected chi connectivity index (χ2v) is 7.30. The van der Waals surface area contributed by atoms with Gasteiger partial charge < -0.3 is 5.11 Å². The maximum atomic E-state index is 10.6. The lowest BCUT2D eigenvalue weighted by atomic mass is 9.73. The number of hydrogen-bond acceptors (Lipinski definition) is 2. The first-order valence-electron chi connectivity index (χ1n) is 6.74. The van der Waals surface area contributed by atoms with E-state index in [1.165, 1.54) is 34.6 Å². The Morgan fingerprint density at radius 3 is 2.47 bits per heavy atom. The third-order valence-corrected chi connectivity index (χ3v) is 5.46. The summed E-state index contributed by atoms with van der Waals surface area (Å²) in [6.45, 7) is 8.92. The second-order valence-electron chi connectivity index (χ2n) is 5.84. The fraction of sp³-hybridized carbons (Fsp3) is 0.733. The minimum atomic E-state index is -0.241. The molecule has 0 radical (unpaired) electrons. The van der Waals surface area contributed by atoms with Crippen LogP contribution in [0, 0.1) is 31.6 Å². The summed E-state index contributed by atoms with van der Waals surface area (Å²) >= 11 is 1.80. The third-order valence-electron chi connectivity index (χ3n) is 4.48. The molecule has 96 valence electrons. The monoisotopic (exact) mass is 252 g/mol. The first kappa shape index (κ1) is 13.1. The zero-order chi connectivity index (χ0) is 12.6. The van der Waals surface area contributed by atoms with Crippen LogP contribution in [-0.2, 0) is 0 Å². The molecule has 0 saturated heterocycles. The summed E-state index contributed by atoms with van der Waals surface area (Å²) in [6.07, 6.45) is 3.39. The zero-order valence-corrected chi connectivity index (χ0v) is 12.2. The zero-order valence-electron chi connectivity index (χ0n) is 11.4. The number of rotatable bonds is 2. The average Bonchev–Trinajstić information content (AvgIpc) is 2.61. The average molecular weight is 252 g/mol. The lowest BCUT2D eigenvalue weighted by molar-refractivity contribution is 0.0560. The first-order chi connectivity index (χ1) is 7.99. The second kappa shape index (κ2) is 5.11. The van der Waals surface area contributed by atoms with Crippen LogP contribution in [-0.4, -0.2) is 5.11 Å². The van der Waals surface area contributed by atoms with Crippen molar-refractivity contribution in [1.29, 1.82) is 0 Å². The van der Waals surface area contributed by atoms with E-state index < -0.39 is 0 Å². The molecule has 4 unspecified atom stereocenters. The predicted octanol–water partition coefficient (Wildman–Crippen LogP) is 4.47. The van der Waals surface area contributed by atoms with Crippen LogP contribution in [0.4, 0.5) is 0 Å². The summed E-state index contributed by atoms with van der Waals surface area (Å²) in [5.41, 5.74) is 1.18. The minimum Gasteiger partial charge on any atom is -0.388 e. The van der Waals surface area contributed by atoms with Gasteiger partial charge in [-0.25, -0.2) is 0 Å². The standard InChI is InChI=1S/C15H24OS/c1-9-5-6-13(7-10(9)2)15(16)14-8-11(3)17-12(14)4/h8-10,13,15-16H,5-7H2,1-4H3. The van der Waals surface area contributed by atoms with E-state index in [-0.39, 0.29) is 6.10 Å². The Morgan fingerprint density at radius 1 is 1.24 bits per heavy atom. The van der Waals surface area contributed by atoms with E-state index in [4.69, 9.17) is 0 Å². The molecule has 1 nitrogen and oxygen atoms in total. The van der Waals surface area contributed by atoms with E-state index in [0.29, 0.717) is 5.92 Å². The van der Waals surface area contributed by atoms with Gasteiger partial charge in [-0.1, -0.05) is 20.3 Å². The van der Waals surface area contributed by atoms with Crippen LogP contribution in [0.1, 0.15) is 54.5 Å². The van der Waals surface area contributed by atoms with Crippen LogP contribution in [0.25, 0.3) is 0 Å². The van der Waals surface area contributed by atoms with Gasteiger partial charge in [-0.15, -0.1) is 11.3 Å². The van der Waals surface area contributed by atoms with Crippen molar-refractivity contribution in [1.82, 2.24) is 0 Å². The summed E-state index contributed by atoms with van der Waals surface area (Å²) in [7, 11) is 0. The van der Waals surface area contributed by atoms with Gasteiger partial charge in [0.2, 0.25) is 0 Å². The molecule has 1 aromatic heterocycles. The summed E-state index contributed by atoms with van der Waals surface area (Å²) in [5, 5.41) is 10.6. The molecule has 0 aliphatic heterocycles. The SMILES string of the molecule is Cc1cc(C(O)C2CCC(C)C(C)C2)c(C)s1. The van der Waals surface area contributed by atoms with E-state index in [9.17, 15) is 5.11 Å². The Hall–Kier alpha value is -0.340. The molecule has 1 saturated carbocycles. The molecule has 0 spiro atoms. The molecule has 4 atom stereocenters. The van der Waals surface area contributed by atoms with Gasteiger partial charge in [-0.3, -0.25) is 0 Å². The molecule has 1 aliphatic carbocycles. The molecule has 0 amide bonds. The Kier molecular flexibility index (Phi) is 3.94. The van der Waals surface area contributed by atoms with E-state index in [1.54, 1.807) is 11.3 Å². The van der Waals surface area contributed by atoms with Crippen molar-refractivity contribution in [3.63, 3.8) is 0 Å². The fourth-order valence-corrected chi connectivity index (χ4v) is 4.04. The van der Waals surface area contributed by atoms with E-state index in [0.717, 1.165) is 11.8 Å². The van der Waals surface area contributed by atoms with Crippen molar-refractivity contribution in [2.75, 3.05) is 0 Å². The highest BCUT2D eigenvalue weighted by molar-refractivity contribution is 7.12. The highest BCUT2D eigenvalue weighted by Gasteiger charge is 2.30. The maximum absolute atomic E-state index is 10.6. The number of aryl methyl sites for hydroxylation is 2. The summed E-state index contributed by atoms with van der Waals surface area (Å²) < 4.78 is 0. The lowest BCUT2D eigenvalue weighted by Gasteiger charge is -2.34. The highest BCUT2D eigenvalue weighted by atomic mass is 32.1. The van der Waals surface area contributed by atoms with Gasteiger partial charge in [-0.05, 0) is 56.1 Å². The van der Waals surface area contributed by atoms with Crippen molar-refractivity contribution < 1.29 is 5.11 Å². The number of aliphatic hydroxyl groups is 1. The quantitative estimate of drug-likeness (QED) is 0.823. The Labute approximate surface area is 109 Å². The molecule has 1 heterocycles. The van der Waals surface area contributed by atoms with Crippen LogP contribution in [0.3, 0.4) is 0 Å². The molecule has 17 heavy (non-hydrogen) atoms. The summed E-state index contributed by atoms with van der Waals surface area (Å²) in [4.78, 5) is 2.61. The van der Waals surface area contributed by atoms with Crippen LogP contribution in [0.2, 0.25) is 0 Å². The van der Waals surface area contributed by atoms with Gasteiger partial charge in [-0.2, -0.15) is 0 Å². The number of hydrogen-bond donors (Lipinski definition) is 1. The molecule has 0 aromatic carbocycles. The Balaban J connectivity index is 2.10. The molecular weight excluding hydrogens is 228 g/mol. The molecule has 1 fully saturated rings. The smallest absolute Gasteiger partial charge is 0.0829 e. The van der Waals surface area contributed by atoms with Crippen LogP contribution in [0.5, 0.6) is 0 Å². The normalized spacial score (nSPS) is 31.5. The minimum absolute atomic E-state index is 0.241. The van der Waals surface area contributed by atoms with Gasteiger partial charge in [0.25, 0.3) is 0 Å². The van der Waals surface area contributed by atoms with Crippen molar-refractivity contribution >= 4 is 11.3 Å². The van der Waals surface area contributed by atoms with Crippen LogP contribution < -0.4 is 0 Å². The predicted molar refractivity (Wildman–Crippen MR) is 74.4 cm³/mol. The van der Waals surface area contributed by atoms with Crippen molar-refractivity contribution in [3.8, 4) is 0 Å². The van der Waals surface area contributed by atoms with E-state index in [2.05, 4.69) is 33.8 Å². The maximum Gasteiger partial charge on any atom is 0.0829 e. The van der Waals surface area contributed by atoms with Crippen molar-refractivity contribution in [2.24, 2.45) is 17.8 Å². The van der Waals surface area contributed by atoms with Gasteiger partial charge in [0.05, 0.1) is 6.10 Å². The van der Waals surface area contributed by atoms with Gasteiger partial charge in [0, 0.05) is 9.75 Å². The van der Waals surface area contributed by atoms with Gasteiger partial charge in [0.1, 0.15) is 0 Å². The third kappa shape index (κ3) is 2.74. The molecule has 1 aliphatic rings. The molecule has 2 heteroatoms. The summed E-state index contributed by atoms with van der Waals surface area (Å²) in [6, 6.07) is 2.17. The Morgan fingerprint density at radius 2 is 1.94 bits per heavy atom. The van der Waals surface area contributed by atoms with Crippen molar-refractivity contribution in [2.45, 2.75) is 53.1 Å². The molecular formula is C15H24OS. The molecule has 2 rings (SSSR count). The van der Waals surface area contributed by atoms with E-state index in [1.807, 2.05) is 0 Å². The topological polar surface area (TPSA) is 20.2 Å². The van der Waals surface area contributed by atoms with Crippen LogP contribution >= 0.6 is 11.3 Å². The molecule has 1 aromatic rings. The van der Waals surface area contributed by atoms with Crippen molar-refractivity contribution in [3.05, 3.63) is 21.4 Å². The highest BCUT2D eigenvalue weighted by Crippen LogP contribution is 2.41.